The monoisotopic (exact) mass is 191 g/mol. The molecule has 2 fully saturated rings. The molecule has 0 radical (unpaired) electrons. The van der Waals surface area contributed by atoms with Crippen molar-refractivity contribution >= 4 is 0 Å². The van der Waals surface area contributed by atoms with E-state index in [0.29, 0.717) is 5.92 Å². The molecule has 2 rings (SSSR count). The van der Waals surface area contributed by atoms with Crippen molar-refractivity contribution in [2.45, 2.75) is 44.9 Å². The van der Waals surface area contributed by atoms with Crippen LogP contribution in [0.4, 0.5) is 0 Å². The molecule has 0 aromatic rings. The Morgan fingerprint density at radius 2 is 1.50 bits per heavy atom. The normalized spacial score (nSPS) is 29.3. The number of hydrogen-bond donors (Lipinski definition) is 1. The predicted octanol–water partition coefficient (Wildman–Crippen LogP) is 2.57. The van der Waals surface area contributed by atoms with Crippen LogP contribution in [0.1, 0.15) is 44.9 Å². The van der Waals surface area contributed by atoms with Gasteiger partial charge in [0.25, 0.3) is 0 Å². The molecule has 1 heterocycles. The van der Waals surface area contributed by atoms with Gasteiger partial charge in [0.1, 0.15) is 0 Å². The van der Waals surface area contributed by atoms with Crippen molar-refractivity contribution in [3.8, 4) is 11.8 Å². The number of rotatable bonds is 0. The fraction of sp³-hybridized carbons (Fsp3) is 0.846. The second-order valence-electron chi connectivity index (χ2n) is 4.67. The van der Waals surface area contributed by atoms with Crippen molar-refractivity contribution in [3.63, 3.8) is 0 Å². The molecule has 1 atom stereocenters. The van der Waals surface area contributed by atoms with E-state index in [4.69, 9.17) is 0 Å². The highest BCUT2D eigenvalue weighted by Crippen LogP contribution is 2.23. The van der Waals surface area contributed by atoms with Gasteiger partial charge < -0.3 is 5.32 Å². The van der Waals surface area contributed by atoms with E-state index in [2.05, 4.69) is 17.2 Å². The SMILES string of the molecule is C(#CC1CCCNC1)C1CCCCC1. The first kappa shape index (κ1) is 10.1. The van der Waals surface area contributed by atoms with Crippen molar-refractivity contribution in [3.05, 3.63) is 0 Å². The summed E-state index contributed by atoms with van der Waals surface area (Å²) in [5.41, 5.74) is 0. The molecule has 0 bridgehead atoms. The van der Waals surface area contributed by atoms with Gasteiger partial charge in [0.05, 0.1) is 0 Å². The maximum absolute atomic E-state index is 3.50. The van der Waals surface area contributed by atoms with Crippen LogP contribution in [0.25, 0.3) is 0 Å². The Morgan fingerprint density at radius 1 is 0.786 bits per heavy atom. The van der Waals surface area contributed by atoms with Crippen LogP contribution in [0.2, 0.25) is 0 Å². The summed E-state index contributed by atoms with van der Waals surface area (Å²) in [6.45, 7) is 2.32. The lowest BCUT2D eigenvalue weighted by Gasteiger charge is -2.19. The Balaban J connectivity index is 1.78. The van der Waals surface area contributed by atoms with Crippen LogP contribution in [0.3, 0.4) is 0 Å². The van der Waals surface area contributed by atoms with Crippen LogP contribution in [-0.2, 0) is 0 Å². The minimum absolute atomic E-state index is 0.644. The molecule has 1 aliphatic carbocycles. The highest BCUT2D eigenvalue weighted by atomic mass is 14.9. The minimum atomic E-state index is 0.644. The molecule has 2 aliphatic rings. The first-order valence-corrected chi connectivity index (χ1v) is 6.17. The van der Waals surface area contributed by atoms with Gasteiger partial charge >= 0.3 is 0 Å². The van der Waals surface area contributed by atoms with Gasteiger partial charge in [0, 0.05) is 18.4 Å². The Bertz CT molecular complexity index is 189. The maximum atomic E-state index is 3.50. The Morgan fingerprint density at radius 3 is 2.21 bits per heavy atom. The minimum Gasteiger partial charge on any atom is -0.316 e. The fourth-order valence-corrected chi connectivity index (χ4v) is 2.46. The smallest absolute Gasteiger partial charge is 0.0328 e. The van der Waals surface area contributed by atoms with Crippen molar-refractivity contribution in [1.29, 1.82) is 0 Å². The number of hydrogen-bond acceptors (Lipinski definition) is 1. The van der Waals surface area contributed by atoms with Crippen LogP contribution in [0.15, 0.2) is 0 Å². The van der Waals surface area contributed by atoms with Crippen molar-refractivity contribution < 1.29 is 0 Å². The molecule has 1 aliphatic heterocycles. The maximum Gasteiger partial charge on any atom is 0.0328 e. The topological polar surface area (TPSA) is 12.0 Å². The third-order valence-electron chi connectivity index (χ3n) is 3.39. The van der Waals surface area contributed by atoms with Gasteiger partial charge in [-0.2, -0.15) is 0 Å². The number of nitrogens with one attached hydrogen (secondary N) is 1. The molecular weight excluding hydrogens is 170 g/mol. The summed E-state index contributed by atoms with van der Waals surface area (Å²) in [5.74, 6) is 8.35. The molecule has 1 heteroatoms. The van der Waals surface area contributed by atoms with Crippen molar-refractivity contribution in [2.24, 2.45) is 11.8 Å². The van der Waals surface area contributed by atoms with Crippen LogP contribution < -0.4 is 5.32 Å². The Hall–Kier alpha value is -0.480. The lowest BCUT2D eigenvalue weighted by molar-refractivity contribution is 0.425. The molecule has 78 valence electrons. The van der Waals surface area contributed by atoms with Gasteiger partial charge in [-0.25, -0.2) is 0 Å². The third kappa shape index (κ3) is 3.03. The zero-order valence-electron chi connectivity index (χ0n) is 9.02. The summed E-state index contributed by atoms with van der Waals surface area (Å²) < 4.78 is 0. The first-order chi connectivity index (χ1) is 6.95. The van der Waals surface area contributed by atoms with Crippen LogP contribution >= 0.6 is 0 Å². The summed E-state index contributed by atoms with van der Waals surface area (Å²) >= 11 is 0. The second kappa shape index (κ2) is 5.41. The summed E-state index contributed by atoms with van der Waals surface area (Å²) in [7, 11) is 0. The zero-order valence-corrected chi connectivity index (χ0v) is 9.02. The fourth-order valence-electron chi connectivity index (χ4n) is 2.46. The summed E-state index contributed by atoms with van der Waals surface area (Å²) in [4.78, 5) is 0. The van der Waals surface area contributed by atoms with E-state index in [1.807, 2.05) is 0 Å². The average Bonchev–Trinajstić information content (AvgIpc) is 2.29. The number of piperidine rings is 1. The van der Waals surface area contributed by atoms with E-state index in [1.165, 1.54) is 51.5 Å². The standard InChI is InChI=1S/C13H21N/c1-2-5-12(6-3-1)8-9-13-7-4-10-14-11-13/h12-14H,1-7,10-11H2. The van der Waals surface area contributed by atoms with E-state index in [1.54, 1.807) is 0 Å². The molecule has 1 saturated carbocycles. The zero-order chi connectivity index (χ0) is 9.64. The largest absolute Gasteiger partial charge is 0.316 e. The quantitative estimate of drug-likeness (QED) is 0.580. The summed E-state index contributed by atoms with van der Waals surface area (Å²) in [5, 5.41) is 3.42. The first-order valence-electron chi connectivity index (χ1n) is 6.17. The molecular formula is C13H21N. The lowest BCUT2D eigenvalue weighted by Crippen LogP contribution is -2.28. The van der Waals surface area contributed by atoms with E-state index < -0.39 is 0 Å². The molecule has 1 nitrogen and oxygen atoms in total. The Kier molecular flexibility index (Phi) is 3.89. The summed E-state index contributed by atoms with van der Waals surface area (Å²) in [6, 6.07) is 0. The Labute approximate surface area is 87.7 Å². The average molecular weight is 191 g/mol. The van der Waals surface area contributed by atoms with Crippen LogP contribution in [0, 0.1) is 23.7 Å². The molecule has 1 unspecified atom stereocenters. The van der Waals surface area contributed by atoms with Gasteiger partial charge in [-0.1, -0.05) is 31.1 Å². The molecule has 1 N–H and O–H groups in total. The molecule has 0 spiro atoms. The molecule has 1 saturated heterocycles. The van der Waals surface area contributed by atoms with E-state index >= 15 is 0 Å². The van der Waals surface area contributed by atoms with Gasteiger partial charge in [-0.15, -0.1) is 0 Å². The van der Waals surface area contributed by atoms with E-state index in [-0.39, 0.29) is 0 Å². The van der Waals surface area contributed by atoms with Gasteiger partial charge in [-0.3, -0.25) is 0 Å². The lowest BCUT2D eigenvalue weighted by atomic mass is 9.89. The molecule has 0 aromatic heterocycles. The van der Waals surface area contributed by atoms with Crippen LogP contribution in [0.5, 0.6) is 0 Å². The van der Waals surface area contributed by atoms with E-state index in [9.17, 15) is 0 Å². The third-order valence-corrected chi connectivity index (χ3v) is 3.39. The highest BCUT2D eigenvalue weighted by Gasteiger charge is 2.12. The summed E-state index contributed by atoms with van der Waals surface area (Å²) in [6.07, 6.45) is 9.57. The molecule has 0 amide bonds. The van der Waals surface area contributed by atoms with Crippen LogP contribution in [-0.4, -0.2) is 13.1 Å². The predicted molar refractivity (Wildman–Crippen MR) is 59.9 cm³/mol. The van der Waals surface area contributed by atoms with Gasteiger partial charge in [0.2, 0.25) is 0 Å². The second-order valence-corrected chi connectivity index (χ2v) is 4.67. The highest BCUT2D eigenvalue weighted by molar-refractivity contribution is 5.09. The van der Waals surface area contributed by atoms with E-state index in [0.717, 1.165) is 12.5 Å². The molecule has 14 heavy (non-hydrogen) atoms. The van der Waals surface area contributed by atoms with Crippen molar-refractivity contribution in [1.82, 2.24) is 5.32 Å². The van der Waals surface area contributed by atoms with Crippen molar-refractivity contribution in [2.75, 3.05) is 13.1 Å². The van der Waals surface area contributed by atoms with Gasteiger partial charge in [0.15, 0.2) is 0 Å². The molecule has 0 aromatic carbocycles. The van der Waals surface area contributed by atoms with Gasteiger partial charge in [-0.05, 0) is 32.2 Å².